The maximum atomic E-state index is 13.7. The number of carbonyl (C=O) groups excluding carboxylic acids is 5. The number of carbonyl (C=O) groups is 5. The van der Waals surface area contributed by atoms with Crippen molar-refractivity contribution in [3.05, 3.63) is 144 Å². The maximum Gasteiger partial charge on any atom is 0.366 e. The summed E-state index contributed by atoms with van der Waals surface area (Å²) in [5.74, 6) is -6.94. The molecule has 1 heterocycles. The van der Waals surface area contributed by atoms with Gasteiger partial charge in [0.1, 0.15) is 24.9 Å². The van der Waals surface area contributed by atoms with Crippen LogP contribution in [0.5, 0.6) is 0 Å². The summed E-state index contributed by atoms with van der Waals surface area (Å²) in [5, 5.41) is 11.9. The molecule has 0 saturated carbocycles. The summed E-state index contributed by atoms with van der Waals surface area (Å²) in [5.41, 5.74) is 0.452. The molecule has 1 unspecified atom stereocenters. The van der Waals surface area contributed by atoms with E-state index in [1.54, 1.807) is 72.8 Å². The molecule has 0 aromatic heterocycles. The first-order valence-electron chi connectivity index (χ1n) is 16.2. The third-order valence-electron chi connectivity index (χ3n) is 8.21. The number of ether oxygens (including phenoxy) is 7. The van der Waals surface area contributed by atoms with Crippen LogP contribution in [-0.2, 0) is 38.0 Å². The second-order valence-electron chi connectivity index (χ2n) is 11.5. The van der Waals surface area contributed by atoms with Crippen molar-refractivity contribution in [1.29, 1.82) is 0 Å². The topological polar surface area (TPSA) is 170 Å². The minimum atomic E-state index is -2.33. The van der Waals surface area contributed by atoms with Crippen molar-refractivity contribution in [2.24, 2.45) is 0 Å². The highest BCUT2D eigenvalue weighted by Gasteiger charge is 2.58. The standard InChI is InChI=1S/C39H36O13/c1-46-38(45)39(47-2)23-29(49-35(42)26-17-9-4-10-18-26)31(40)33(52-39)32(51-37(44)28-21-13-6-14-22-28)30(50-36(43)27-19-11-5-12-20-27)24-48-34(41)25-15-7-3-8-16-25/h3-22,29-33,40H,23-24H2,1-2H3/t29-,30+,31-,32+,33?,39-/m0/s1. The van der Waals surface area contributed by atoms with Crippen molar-refractivity contribution in [2.45, 2.75) is 42.7 Å². The number of hydrogen-bond donors (Lipinski definition) is 1. The van der Waals surface area contributed by atoms with Crippen LogP contribution in [0.4, 0.5) is 0 Å². The van der Waals surface area contributed by atoms with Gasteiger partial charge in [-0.05, 0) is 48.5 Å². The Morgan fingerprint density at radius 3 is 1.58 bits per heavy atom. The number of aliphatic hydroxyl groups excluding tert-OH is 1. The Labute approximate surface area is 298 Å². The Hall–Kier alpha value is -5.89. The molecule has 270 valence electrons. The minimum Gasteiger partial charge on any atom is -0.465 e. The van der Waals surface area contributed by atoms with Crippen LogP contribution >= 0.6 is 0 Å². The first-order valence-corrected chi connectivity index (χ1v) is 16.2. The zero-order chi connectivity index (χ0) is 37.1. The molecular weight excluding hydrogens is 676 g/mol. The van der Waals surface area contributed by atoms with E-state index < -0.39 is 79.2 Å². The van der Waals surface area contributed by atoms with E-state index in [0.29, 0.717) is 0 Å². The van der Waals surface area contributed by atoms with Gasteiger partial charge in [0.05, 0.1) is 35.8 Å². The molecule has 1 saturated heterocycles. The van der Waals surface area contributed by atoms with E-state index in [1.807, 2.05) is 0 Å². The predicted molar refractivity (Wildman–Crippen MR) is 181 cm³/mol. The Kier molecular flexibility index (Phi) is 12.5. The number of methoxy groups -OCH3 is 2. The summed E-state index contributed by atoms with van der Waals surface area (Å²) in [4.78, 5) is 66.8. The van der Waals surface area contributed by atoms with E-state index in [4.69, 9.17) is 33.2 Å². The molecule has 1 fully saturated rings. The molecule has 1 aliphatic rings. The predicted octanol–water partition coefficient (Wildman–Crippen LogP) is 4.19. The summed E-state index contributed by atoms with van der Waals surface area (Å²) in [7, 11) is 2.19. The van der Waals surface area contributed by atoms with Gasteiger partial charge in [0, 0.05) is 7.11 Å². The van der Waals surface area contributed by atoms with Crippen molar-refractivity contribution in [1.82, 2.24) is 0 Å². The third-order valence-corrected chi connectivity index (χ3v) is 8.21. The van der Waals surface area contributed by atoms with E-state index in [0.717, 1.165) is 14.2 Å². The van der Waals surface area contributed by atoms with Gasteiger partial charge in [-0.3, -0.25) is 0 Å². The third kappa shape index (κ3) is 8.87. The van der Waals surface area contributed by atoms with Gasteiger partial charge < -0.3 is 38.3 Å². The first-order chi connectivity index (χ1) is 25.2. The fraction of sp³-hybridized carbons (Fsp3) is 0.256. The highest BCUT2D eigenvalue weighted by molar-refractivity contribution is 5.91. The van der Waals surface area contributed by atoms with Gasteiger partial charge in [0.2, 0.25) is 0 Å². The molecule has 0 aliphatic carbocycles. The van der Waals surface area contributed by atoms with Crippen molar-refractivity contribution in [3.63, 3.8) is 0 Å². The van der Waals surface area contributed by atoms with Crippen LogP contribution in [0.1, 0.15) is 47.9 Å². The summed E-state index contributed by atoms with van der Waals surface area (Å²) in [6.45, 7) is -0.724. The van der Waals surface area contributed by atoms with Crippen molar-refractivity contribution in [3.8, 4) is 0 Å². The van der Waals surface area contributed by atoms with Crippen molar-refractivity contribution >= 4 is 29.8 Å². The number of benzene rings is 4. The molecule has 1 N–H and O–H groups in total. The van der Waals surface area contributed by atoms with E-state index >= 15 is 0 Å². The van der Waals surface area contributed by atoms with E-state index in [2.05, 4.69) is 0 Å². The van der Waals surface area contributed by atoms with Gasteiger partial charge in [-0.1, -0.05) is 72.8 Å². The fourth-order valence-electron chi connectivity index (χ4n) is 5.50. The monoisotopic (exact) mass is 712 g/mol. The van der Waals surface area contributed by atoms with Crippen LogP contribution in [0.3, 0.4) is 0 Å². The lowest BCUT2D eigenvalue weighted by Crippen LogP contribution is -2.65. The van der Waals surface area contributed by atoms with Crippen LogP contribution < -0.4 is 0 Å². The molecule has 13 heteroatoms. The lowest BCUT2D eigenvalue weighted by molar-refractivity contribution is -0.320. The SMILES string of the molecule is COC(=O)[C@]1(OC)C[C@H](OC(=O)c2ccccc2)[C@H](O)C([C@H](OC(=O)c2ccccc2)[C@@H](COC(=O)c2ccccc2)OC(=O)c2ccccc2)O1. The molecule has 6 atom stereocenters. The number of aliphatic hydroxyl groups is 1. The average Bonchev–Trinajstić information content (AvgIpc) is 3.20. The van der Waals surface area contributed by atoms with Crippen LogP contribution in [0.2, 0.25) is 0 Å². The second-order valence-corrected chi connectivity index (χ2v) is 11.5. The minimum absolute atomic E-state index is 0.0604. The molecule has 0 spiro atoms. The largest absolute Gasteiger partial charge is 0.465 e. The van der Waals surface area contributed by atoms with Gasteiger partial charge >= 0.3 is 29.8 Å². The average molecular weight is 713 g/mol. The summed E-state index contributed by atoms with van der Waals surface area (Å²) in [6, 6.07) is 31.4. The van der Waals surface area contributed by atoms with Gasteiger partial charge in [-0.2, -0.15) is 0 Å². The van der Waals surface area contributed by atoms with Gasteiger partial charge in [0.25, 0.3) is 5.79 Å². The summed E-state index contributed by atoms with van der Waals surface area (Å²) in [6.07, 6.45) is -9.31. The maximum absolute atomic E-state index is 13.7. The molecule has 0 radical (unpaired) electrons. The molecule has 4 aromatic carbocycles. The normalized spacial score (nSPS) is 20.7. The molecule has 4 aromatic rings. The molecule has 0 amide bonds. The zero-order valence-electron chi connectivity index (χ0n) is 28.2. The van der Waals surface area contributed by atoms with E-state index in [1.165, 1.54) is 48.5 Å². The Balaban J connectivity index is 1.58. The Morgan fingerprint density at radius 2 is 1.12 bits per heavy atom. The van der Waals surface area contributed by atoms with E-state index in [9.17, 15) is 29.1 Å². The van der Waals surface area contributed by atoms with Gasteiger partial charge in [0.15, 0.2) is 12.2 Å². The fourth-order valence-corrected chi connectivity index (χ4v) is 5.50. The van der Waals surface area contributed by atoms with Gasteiger partial charge in [-0.15, -0.1) is 0 Å². The summed E-state index contributed by atoms with van der Waals surface area (Å²) >= 11 is 0. The van der Waals surface area contributed by atoms with Gasteiger partial charge in [-0.25, -0.2) is 24.0 Å². The van der Waals surface area contributed by atoms with Crippen molar-refractivity contribution in [2.75, 3.05) is 20.8 Å². The zero-order valence-corrected chi connectivity index (χ0v) is 28.2. The lowest BCUT2D eigenvalue weighted by Gasteiger charge is -2.46. The summed E-state index contributed by atoms with van der Waals surface area (Å²) < 4.78 is 39.7. The number of esters is 5. The molecule has 0 bridgehead atoms. The highest BCUT2D eigenvalue weighted by atomic mass is 16.7. The molecule has 1 aliphatic heterocycles. The molecule has 13 nitrogen and oxygen atoms in total. The van der Waals surface area contributed by atoms with Crippen LogP contribution in [0.15, 0.2) is 121 Å². The van der Waals surface area contributed by atoms with E-state index in [-0.39, 0.29) is 22.3 Å². The first kappa shape index (κ1) is 37.4. The number of hydrogen-bond acceptors (Lipinski definition) is 13. The molecular formula is C39H36O13. The molecule has 52 heavy (non-hydrogen) atoms. The lowest BCUT2D eigenvalue weighted by atomic mass is 9.90. The van der Waals surface area contributed by atoms with Crippen LogP contribution in [-0.4, -0.2) is 92.1 Å². The highest BCUT2D eigenvalue weighted by Crippen LogP contribution is 2.37. The second kappa shape index (κ2) is 17.4. The molecule has 5 rings (SSSR count). The number of rotatable bonds is 13. The Bertz CT molecular complexity index is 1820. The van der Waals surface area contributed by atoms with Crippen LogP contribution in [0.25, 0.3) is 0 Å². The quantitative estimate of drug-likeness (QED) is 0.155. The van der Waals surface area contributed by atoms with Crippen LogP contribution in [0, 0.1) is 0 Å². The smallest absolute Gasteiger partial charge is 0.366 e. The Morgan fingerprint density at radius 1 is 0.673 bits per heavy atom. The van der Waals surface area contributed by atoms with Crippen molar-refractivity contribution < 1.29 is 62.2 Å².